The number of aryl methyl sites for hydroxylation is 1. The molecule has 3 rings (SSSR count). The zero-order valence-corrected chi connectivity index (χ0v) is 15.1. The molecule has 1 aromatic heterocycles. The highest BCUT2D eigenvalue weighted by molar-refractivity contribution is 7.16. The molecular formula is C19H17N3O3S. The Morgan fingerprint density at radius 3 is 2.46 bits per heavy atom. The number of nitriles is 1. The van der Waals surface area contributed by atoms with Gasteiger partial charge in [0.2, 0.25) is 11.8 Å². The largest absolute Gasteiger partial charge is 0.312 e. The van der Waals surface area contributed by atoms with Crippen molar-refractivity contribution in [1.82, 2.24) is 4.90 Å². The number of rotatable bonds is 5. The second-order valence-corrected chi connectivity index (χ2v) is 7.08. The molecular weight excluding hydrogens is 350 g/mol. The topological polar surface area (TPSA) is 90.3 Å². The van der Waals surface area contributed by atoms with Crippen molar-refractivity contribution in [3.05, 3.63) is 51.9 Å². The van der Waals surface area contributed by atoms with Gasteiger partial charge in [-0.2, -0.15) is 5.26 Å². The average molecular weight is 367 g/mol. The molecule has 0 spiro atoms. The minimum atomic E-state index is -0.300. The van der Waals surface area contributed by atoms with Crippen LogP contribution >= 0.6 is 11.3 Å². The fourth-order valence-electron chi connectivity index (χ4n) is 2.71. The molecule has 0 bridgehead atoms. The highest BCUT2D eigenvalue weighted by Crippen LogP contribution is 2.28. The molecule has 0 aliphatic carbocycles. The van der Waals surface area contributed by atoms with Gasteiger partial charge in [-0.1, -0.05) is 19.1 Å². The number of carbonyl (C=O) groups excluding carboxylic acids is 3. The van der Waals surface area contributed by atoms with Crippen LogP contribution in [-0.4, -0.2) is 22.6 Å². The number of hydrogen-bond donors (Lipinski definition) is 1. The van der Waals surface area contributed by atoms with Crippen LogP contribution in [0, 0.1) is 11.3 Å². The van der Waals surface area contributed by atoms with Crippen LogP contribution in [0.1, 0.15) is 46.1 Å². The number of imide groups is 1. The summed E-state index contributed by atoms with van der Waals surface area (Å²) in [5.41, 5.74) is 1.69. The van der Waals surface area contributed by atoms with Crippen molar-refractivity contribution in [1.29, 1.82) is 5.26 Å². The Balaban J connectivity index is 1.69. The molecule has 0 saturated carbocycles. The Morgan fingerprint density at radius 2 is 1.88 bits per heavy atom. The number of amides is 3. The minimum absolute atomic E-state index is 0.162. The Labute approximate surface area is 155 Å². The first kappa shape index (κ1) is 17.8. The first-order chi connectivity index (χ1) is 12.5. The van der Waals surface area contributed by atoms with Crippen molar-refractivity contribution < 1.29 is 14.4 Å². The number of nitrogens with zero attached hydrogens (tertiary/aromatic N) is 2. The maximum absolute atomic E-state index is 12.4. The van der Waals surface area contributed by atoms with Crippen molar-refractivity contribution in [3.63, 3.8) is 0 Å². The molecule has 0 unspecified atom stereocenters. The fourth-order valence-corrected chi connectivity index (χ4v) is 3.65. The van der Waals surface area contributed by atoms with E-state index in [9.17, 15) is 19.6 Å². The smallest absolute Gasteiger partial charge is 0.256 e. The molecule has 132 valence electrons. The molecule has 26 heavy (non-hydrogen) atoms. The lowest BCUT2D eigenvalue weighted by atomic mass is 10.1. The van der Waals surface area contributed by atoms with Gasteiger partial charge in [-0.25, -0.2) is 0 Å². The van der Waals surface area contributed by atoms with E-state index in [1.54, 1.807) is 30.3 Å². The number of hydrogen-bond acceptors (Lipinski definition) is 5. The van der Waals surface area contributed by atoms with Crippen LogP contribution in [0.15, 0.2) is 30.3 Å². The fraction of sp³-hybridized carbons (Fsp3) is 0.263. The van der Waals surface area contributed by atoms with Crippen LogP contribution in [0.3, 0.4) is 0 Å². The van der Waals surface area contributed by atoms with Gasteiger partial charge in [-0.05, 0) is 30.2 Å². The van der Waals surface area contributed by atoms with Crippen molar-refractivity contribution in [2.45, 2.75) is 32.7 Å². The summed E-state index contributed by atoms with van der Waals surface area (Å²) in [6.45, 7) is 2.22. The molecule has 1 aliphatic heterocycles. The SMILES string of the molecule is CCc1cc(C#N)c(NC(=O)c2ccc(CN3C(=O)CCC3=O)cc2)s1. The Morgan fingerprint density at radius 1 is 1.23 bits per heavy atom. The summed E-state index contributed by atoms with van der Waals surface area (Å²) in [6.07, 6.45) is 1.33. The van der Waals surface area contributed by atoms with Gasteiger partial charge in [0.05, 0.1) is 12.1 Å². The van der Waals surface area contributed by atoms with E-state index in [1.165, 1.54) is 16.2 Å². The monoisotopic (exact) mass is 367 g/mol. The van der Waals surface area contributed by atoms with E-state index in [4.69, 9.17) is 0 Å². The third-order valence-corrected chi connectivity index (χ3v) is 5.39. The van der Waals surface area contributed by atoms with E-state index in [0.717, 1.165) is 16.9 Å². The van der Waals surface area contributed by atoms with Crippen LogP contribution in [0.5, 0.6) is 0 Å². The van der Waals surface area contributed by atoms with E-state index < -0.39 is 0 Å². The quantitative estimate of drug-likeness (QED) is 0.822. The molecule has 1 aliphatic rings. The van der Waals surface area contributed by atoms with Gasteiger partial charge in [0, 0.05) is 23.3 Å². The first-order valence-corrected chi connectivity index (χ1v) is 9.09. The molecule has 0 atom stereocenters. The van der Waals surface area contributed by atoms with E-state index in [2.05, 4.69) is 11.4 Å². The van der Waals surface area contributed by atoms with E-state index in [1.807, 2.05) is 6.92 Å². The molecule has 6 nitrogen and oxygen atoms in total. The normalized spacial score (nSPS) is 13.8. The molecule has 2 heterocycles. The summed E-state index contributed by atoms with van der Waals surface area (Å²) in [5.74, 6) is -0.624. The molecule has 1 N–H and O–H groups in total. The van der Waals surface area contributed by atoms with Gasteiger partial charge >= 0.3 is 0 Å². The van der Waals surface area contributed by atoms with Gasteiger partial charge in [0.1, 0.15) is 11.1 Å². The van der Waals surface area contributed by atoms with Crippen LogP contribution < -0.4 is 5.32 Å². The number of anilines is 1. The lowest BCUT2D eigenvalue weighted by Crippen LogP contribution is -2.28. The number of likely N-dealkylation sites (tertiary alicyclic amines) is 1. The maximum atomic E-state index is 12.4. The van der Waals surface area contributed by atoms with Gasteiger partial charge in [-0.15, -0.1) is 11.3 Å². The summed E-state index contributed by atoms with van der Waals surface area (Å²) < 4.78 is 0. The molecule has 7 heteroatoms. The van der Waals surface area contributed by atoms with E-state index in [-0.39, 0.29) is 37.1 Å². The third kappa shape index (κ3) is 3.65. The maximum Gasteiger partial charge on any atom is 0.256 e. The summed E-state index contributed by atoms with van der Waals surface area (Å²) in [6, 6.07) is 10.6. The number of nitrogens with one attached hydrogen (secondary N) is 1. The van der Waals surface area contributed by atoms with Crippen molar-refractivity contribution in [3.8, 4) is 6.07 Å². The van der Waals surface area contributed by atoms with Crippen molar-refractivity contribution in [2.75, 3.05) is 5.32 Å². The minimum Gasteiger partial charge on any atom is -0.312 e. The van der Waals surface area contributed by atoms with Crippen molar-refractivity contribution in [2.24, 2.45) is 0 Å². The van der Waals surface area contributed by atoms with E-state index >= 15 is 0 Å². The number of benzene rings is 1. The Hall–Kier alpha value is -2.98. The zero-order chi connectivity index (χ0) is 18.7. The van der Waals surface area contributed by atoms with Gasteiger partial charge in [-0.3, -0.25) is 19.3 Å². The van der Waals surface area contributed by atoms with Crippen LogP contribution in [0.2, 0.25) is 0 Å². The molecule has 1 fully saturated rings. The van der Waals surface area contributed by atoms with Gasteiger partial charge in [0.25, 0.3) is 5.91 Å². The summed E-state index contributed by atoms with van der Waals surface area (Å²) in [5, 5.41) is 12.5. The molecule has 1 aromatic carbocycles. The predicted molar refractivity (Wildman–Crippen MR) is 97.6 cm³/mol. The van der Waals surface area contributed by atoms with Gasteiger partial charge in [0.15, 0.2) is 0 Å². The third-order valence-electron chi connectivity index (χ3n) is 4.19. The predicted octanol–water partition coefficient (Wildman–Crippen LogP) is 3.08. The molecule has 2 aromatic rings. The first-order valence-electron chi connectivity index (χ1n) is 8.28. The van der Waals surface area contributed by atoms with Crippen LogP contribution in [0.25, 0.3) is 0 Å². The van der Waals surface area contributed by atoms with E-state index in [0.29, 0.717) is 16.1 Å². The molecule has 0 radical (unpaired) electrons. The Kier molecular flexibility index (Phi) is 5.14. The van der Waals surface area contributed by atoms with Crippen LogP contribution in [-0.2, 0) is 22.6 Å². The highest BCUT2D eigenvalue weighted by atomic mass is 32.1. The molecule has 1 saturated heterocycles. The summed E-state index contributed by atoms with van der Waals surface area (Å²) >= 11 is 1.40. The zero-order valence-electron chi connectivity index (χ0n) is 14.2. The van der Waals surface area contributed by atoms with Crippen molar-refractivity contribution >= 4 is 34.1 Å². The number of carbonyl (C=O) groups is 3. The average Bonchev–Trinajstić information content (AvgIpc) is 3.19. The lowest BCUT2D eigenvalue weighted by molar-refractivity contribution is -0.139. The second-order valence-electron chi connectivity index (χ2n) is 5.95. The lowest BCUT2D eigenvalue weighted by Gasteiger charge is -2.13. The van der Waals surface area contributed by atoms with Crippen LogP contribution in [0.4, 0.5) is 5.00 Å². The van der Waals surface area contributed by atoms with Gasteiger partial charge < -0.3 is 5.32 Å². The number of thiophene rings is 1. The Bertz CT molecular complexity index is 893. The highest BCUT2D eigenvalue weighted by Gasteiger charge is 2.28. The standard InChI is InChI=1S/C19H17N3O3S/c1-2-15-9-14(10-20)19(26-15)21-18(25)13-5-3-12(4-6-13)11-22-16(23)7-8-17(22)24/h3-6,9H,2,7-8,11H2,1H3,(H,21,25). The molecule has 3 amide bonds. The summed E-state index contributed by atoms with van der Waals surface area (Å²) in [7, 11) is 0. The second kappa shape index (κ2) is 7.50. The summed E-state index contributed by atoms with van der Waals surface area (Å²) in [4.78, 5) is 38.0.